The van der Waals surface area contributed by atoms with Gasteiger partial charge in [0.05, 0.1) is 6.54 Å². The molecular weight excluding hydrogens is 236 g/mol. The number of hydrogen-bond acceptors (Lipinski definition) is 2. The number of nitrogens with one attached hydrogen (secondary N) is 1. The summed E-state index contributed by atoms with van der Waals surface area (Å²) < 4.78 is 0. The van der Waals surface area contributed by atoms with E-state index in [0.29, 0.717) is 12.6 Å². The molecular formula is C16H24N2O. The number of benzene rings is 1. The summed E-state index contributed by atoms with van der Waals surface area (Å²) in [7, 11) is 0. The van der Waals surface area contributed by atoms with Crippen LogP contribution in [0.1, 0.15) is 37.8 Å². The molecule has 1 fully saturated rings. The zero-order valence-electron chi connectivity index (χ0n) is 12.0. The lowest BCUT2D eigenvalue weighted by Crippen LogP contribution is -2.39. The minimum absolute atomic E-state index is 0.235. The van der Waals surface area contributed by atoms with Crippen LogP contribution in [0.15, 0.2) is 24.3 Å². The molecule has 0 heterocycles. The van der Waals surface area contributed by atoms with E-state index in [4.69, 9.17) is 0 Å². The number of nitrogens with zero attached hydrogens (tertiary/aromatic N) is 1. The first-order valence-corrected chi connectivity index (χ1v) is 7.33. The lowest BCUT2D eigenvalue weighted by atomic mass is 10.1. The van der Waals surface area contributed by atoms with Crippen molar-refractivity contribution in [3.8, 4) is 0 Å². The smallest absolute Gasteiger partial charge is 0.236 e. The monoisotopic (exact) mass is 260 g/mol. The molecule has 3 heteroatoms. The number of amides is 1. The van der Waals surface area contributed by atoms with E-state index in [0.717, 1.165) is 19.5 Å². The van der Waals surface area contributed by atoms with Crippen molar-refractivity contribution in [3.05, 3.63) is 35.4 Å². The van der Waals surface area contributed by atoms with Crippen molar-refractivity contribution >= 4 is 5.91 Å². The maximum absolute atomic E-state index is 12.1. The number of carbonyl (C=O) groups is 1. The number of aryl methyl sites for hydroxylation is 1. The zero-order chi connectivity index (χ0) is 13.7. The average molecular weight is 260 g/mol. The molecule has 1 aromatic carbocycles. The Morgan fingerprint density at radius 3 is 2.53 bits per heavy atom. The normalized spacial score (nSPS) is 14.4. The van der Waals surface area contributed by atoms with Crippen molar-refractivity contribution in [2.75, 3.05) is 13.1 Å². The average Bonchev–Trinajstić information content (AvgIpc) is 3.25. The van der Waals surface area contributed by atoms with Gasteiger partial charge in [0.1, 0.15) is 0 Å². The highest BCUT2D eigenvalue weighted by atomic mass is 16.2. The van der Waals surface area contributed by atoms with E-state index in [9.17, 15) is 4.79 Å². The molecule has 104 valence electrons. The molecule has 0 saturated heterocycles. The van der Waals surface area contributed by atoms with Crippen LogP contribution in [0.5, 0.6) is 0 Å². The maximum atomic E-state index is 12.1. The van der Waals surface area contributed by atoms with Gasteiger partial charge in [-0.25, -0.2) is 0 Å². The van der Waals surface area contributed by atoms with Gasteiger partial charge < -0.3 is 10.2 Å². The lowest BCUT2D eigenvalue weighted by Gasteiger charge is -2.20. The summed E-state index contributed by atoms with van der Waals surface area (Å²) in [5.41, 5.74) is 2.66. The predicted octanol–water partition coefficient (Wildman–Crippen LogP) is 2.35. The fraction of sp³-hybridized carbons (Fsp3) is 0.562. The van der Waals surface area contributed by atoms with Gasteiger partial charge in [-0.15, -0.1) is 0 Å². The molecule has 0 unspecified atom stereocenters. The van der Waals surface area contributed by atoms with Crippen molar-refractivity contribution in [1.82, 2.24) is 10.2 Å². The first-order valence-electron chi connectivity index (χ1n) is 7.33. The van der Waals surface area contributed by atoms with E-state index in [1.54, 1.807) is 0 Å². The summed E-state index contributed by atoms with van der Waals surface area (Å²) in [6.45, 7) is 6.27. The summed E-state index contributed by atoms with van der Waals surface area (Å²) >= 11 is 0. The predicted molar refractivity (Wildman–Crippen MR) is 77.9 cm³/mol. The second kappa shape index (κ2) is 6.71. The van der Waals surface area contributed by atoms with Gasteiger partial charge in [-0.2, -0.15) is 0 Å². The number of rotatable bonds is 7. The Hall–Kier alpha value is -1.35. The van der Waals surface area contributed by atoms with Gasteiger partial charge in [-0.1, -0.05) is 31.2 Å². The van der Waals surface area contributed by atoms with Crippen LogP contribution in [0, 0.1) is 0 Å². The number of carbonyl (C=O) groups excluding carboxylic acids is 1. The molecule has 0 spiro atoms. The Morgan fingerprint density at radius 1 is 1.26 bits per heavy atom. The standard InChI is InChI=1S/C16H24N2O/c1-3-13-7-5-6-8-14(13)11-17-12-16(19)18(4-2)15-9-10-15/h5-8,15,17H,3-4,9-12H2,1-2H3. The van der Waals surface area contributed by atoms with Crippen molar-refractivity contribution < 1.29 is 4.79 Å². The Bertz CT molecular complexity index is 427. The Kier molecular flexibility index (Phi) is 4.97. The Labute approximate surface area is 116 Å². The molecule has 1 amide bonds. The van der Waals surface area contributed by atoms with Crippen LogP contribution in [-0.2, 0) is 17.8 Å². The second-order valence-corrected chi connectivity index (χ2v) is 5.14. The van der Waals surface area contributed by atoms with Crippen LogP contribution in [0.2, 0.25) is 0 Å². The highest BCUT2D eigenvalue weighted by molar-refractivity contribution is 5.78. The summed E-state index contributed by atoms with van der Waals surface area (Å²) in [5.74, 6) is 0.235. The maximum Gasteiger partial charge on any atom is 0.236 e. The summed E-state index contributed by atoms with van der Waals surface area (Å²) in [4.78, 5) is 14.1. The van der Waals surface area contributed by atoms with Crippen LogP contribution < -0.4 is 5.32 Å². The van der Waals surface area contributed by atoms with Crippen molar-refractivity contribution in [2.24, 2.45) is 0 Å². The van der Waals surface area contributed by atoms with Crippen LogP contribution in [0.4, 0.5) is 0 Å². The van der Waals surface area contributed by atoms with Gasteiger partial charge in [0.2, 0.25) is 5.91 Å². The van der Waals surface area contributed by atoms with Gasteiger partial charge >= 0.3 is 0 Å². The second-order valence-electron chi connectivity index (χ2n) is 5.14. The molecule has 1 aliphatic rings. The highest BCUT2D eigenvalue weighted by Crippen LogP contribution is 2.26. The van der Waals surface area contributed by atoms with E-state index in [1.165, 1.54) is 24.0 Å². The molecule has 0 atom stereocenters. The number of likely N-dealkylation sites (N-methyl/N-ethyl adjacent to an activating group) is 1. The largest absolute Gasteiger partial charge is 0.339 e. The van der Waals surface area contributed by atoms with Crippen molar-refractivity contribution in [2.45, 2.75) is 45.7 Å². The summed E-state index contributed by atoms with van der Waals surface area (Å²) in [6, 6.07) is 8.93. The van der Waals surface area contributed by atoms with Crippen molar-refractivity contribution in [1.29, 1.82) is 0 Å². The quantitative estimate of drug-likeness (QED) is 0.816. The van der Waals surface area contributed by atoms with Gasteiger partial charge in [0.15, 0.2) is 0 Å². The first-order chi connectivity index (χ1) is 9.26. The molecule has 0 bridgehead atoms. The molecule has 1 aliphatic carbocycles. The lowest BCUT2D eigenvalue weighted by molar-refractivity contribution is -0.130. The summed E-state index contributed by atoms with van der Waals surface area (Å²) in [5, 5.41) is 3.28. The van der Waals surface area contributed by atoms with Crippen molar-refractivity contribution in [3.63, 3.8) is 0 Å². The number of hydrogen-bond donors (Lipinski definition) is 1. The Morgan fingerprint density at radius 2 is 1.95 bits per heavy atom. The molecule has 0 aromatic heterocycles. The van der Waals surface area contributed by atoms with E-state index >= 15 is 0 Å². The van der Waals surface area contributed by atoms with Crippen LogP contribution in [-0.4, -0.2) is 29.9 Å². The minimum atomic E-state index is 0.235. The first kappa shape index (κ1) is 14.1. The molecule has 0 radical (unpaired) electrons. The third kappa shape index (κ3) is 3.80. The molecule has 19 heavy (non-hydrogen) atoms. The SMILES string of the molecule is CCc1ccccc1CNCC(=O)N(CC)C1CC1. The van der Waals surface area contributed by atoms with E-state index in [2.05, 4.69) is 43.4 Å². The van der Waals surface area contributed by atoms with Gasteiger partial charge in [-0.05, 0) is 37.3 Å². The molecule has 1 saturated carbocycles. The fourth-order valence-corrected chi connectivity index (χ4v) is 2.50. The minimum Gasteiger partial charge on any atom is -0.339 e. The van der Waals surface area contributed by atoms with Crippen LogP contribution in [0.25, 0.3) is 0 Å². The molecule has 1 aromatic rings. The van der Waals surface area contributed by atoms with Gasteiger partial charge in [0.25, 0.3) is 0 Å². The fourth-order valence-electron chi connectivity index (χ4n) is 2.50. The van der Waals surface area contributed by atoms with E-state index < -0.39 is 0 Å². The van der Waals surface area contributed by atoms with Gasteiger partial charge in [-0.3, -0.25) is 4.79 Å². The third-order valence-corrected chi connectivity index (χ3v) is 3.74. The third-order valence-electron chi connectivity index (χ3n) is 3.74. The molecule has 0 aliphatic heterocycles. The van der Waals surface area contributed by atoms with E-state index in [-0.39, 0.29) is 5.91 Å². The Balaban J connectivity index is 1.81. The summed E-state index contributed by atoms with van der Waals surface area (Å²) in [6.07, 6.45) is 3.39. The topological polar surface area (TPSA) is 32.3 Å². The molecule has 2 rings (SSSR count). The van der Waals surface area contributed by atoms with Crippen LogP contribution >= 0.6 is 0 Å². The highest BCUT2D eigenvalue weighted by Gasteiger charge is 2.30. The molecule has 3 nitrogen and oxygen atoms in total. The van der Waals surface area contributed by atoms with E-state index in [1.807, 2.05) is 4.90 Å². The zero-order valence-corrected chi connectivity index (χ0v) is 12.0. The van der Waals surface area contributed by atoms with Crippen LogP contribution in [0.3, 0.4) is 0 Å². The van der Waals surface area contributed by atoms with Gasteiger partial charge in [0, 0.05) is 19.1 Å². The molecule has 1 N–H and O–H groups in total.